The summed E-state index contributed by atoms with van der Waals surface area (Å²) in [6, 6.07) is 0.316. The van der Waals surface area contributed by atoms with E-state index in [0.717, 1.165) is 6.54 Å². The van der Waals surface area contributed by atoms with Crippen molar-refractivity contribution in [1.82, 2.24) is 10.6 Å². The lowest BCUT2D eigenvalue weighted by Crippen LogP contribution is -2.37. The highest BCUT2D eigenvalue weighted by atomic mass is 35.5. The van der Waals surface area contributed by atoms with Crippen LogP contribution in [0.3, 0.4) is 0 Å². The second-order valence-electron chi connectivity index (χ2n) is 5.84. The number of hydrogen-bond acceptors (Lipinski definition) is 2. The van der Waals surface area contributed by atoms with Crippen LogP contribution in [0.4, 0.5) is 0 Å². The summed E-state index contributed by atoms with van der Waals surface area (Å²) < 4.78 is 0. The number of halogens is 1. The molecular weight excluding hydrogens is 224 g/mol. The molecule has 4 heteroatoms. The Morgan fingerprint density at radius 1 is 1.25 bits per heavy atom. The van der Waals surface area contributed by atoms with Gasteiger partial charge in [-0.2, -0.15) is 0 Å². The Labute approximate surface area is 105 Å². The van der Waals surface area contributed by atoms with E-state index in [1.54, 1.807) is 0 Å². The van der Waals surface area contributed by atoms with E-state index in [1.807, 2.05) is 14.0 Å². The lowest BCUT2D eigenvalue weighted by molar-refractivity contribution is -0.124. The summed E-state index contributed by atoms with van der Waals surface area (Å²) in [4.78, 5) is 11.8. The average molecular weight is 249 g/mol. The van der Waals surface area contributed by atoms with E-state index in [0.29, 0.717) is 6.04 Å². The van der Waals surface area contributed by atoms with Crippen molar-refractivity contribution in [3.63, 3.8) is 0 Å². The van der Waals surface area contributed by atoms with Gasteiger partial charge in [-0.3, -0.25) is 4.79 Å². The standard InChI is InChI=1S/C12H24N2O.ClH/c1-8(7-13-6)9(15)14-10-11(2,3)12(10,4)5;/h8,10,13H,7H2,1-6H3,(H,14,15);1H. The minimum atomic E-state index is 0. The number of amides is 1. The normalized spacial score (nSPS) is 23.1. The van der Waals surface area contributed by atoms with Gasteiger partial charge in [-0.15, -0.1) is 12.4 Å². The van der Waals surface area contributed by atoms with Gasteiger partial charge in [-0.25, -0.2) is 0 Å². The Bertz CT molecular complexity index is 250. The van der Waals surface area contributed by atoms with Crippen LogP contribution in [0.15, 0.2) is 0 Å². The van der Waals surface area contributed by atoms with Crippen molar-refractivity contribution in [1.29, 1.82) is 0 Å². The van der Waals surface area contributed by atoms with Gasteiger partial charge in [0.05, 0.1) is 0 Å². The zero-order valence-corrected chi connectivity index (χ0v) is 12.0. The van der Waals surface area contributed by atoms with E-state index in [1.165, 1.54) is 0 Å². The van der Waals surface area contributed by atoms with Crippen molar-refractivity contribution < 1.29 is 4.79 Å². The van der Waals surface area contributed by atoms with E-state index in [-0.39, 0.29) is 35.1 Å². The molecule has 1 unspecified atom stereocenters. The largest absolute Gasteiger partial charge is 0.352 e. The third-order valence-electron chi connectivity index (χ3n) is 4.27. The molecule has 0 heterocycles. The number of carbonyl (C=O) groups excluding carboxylic acids is 1. The van der Waals surface area contributed by atoms with Gasteiger partial charge in [-0.05, 0) is 17.9 Å². The molecule has 0 saturated heterocycles. The molecule has 0 spiro atoms. The molecule has 1 atom stereocenters. The Morgan fingerprint density at radius 2 is 1.69 bits per heavy atom. The lowest BCUT2D eigenvalue weighted by Gasteiger charge is -2.12. The van der Waals surface area contributed by atoms with Gasteiger partial charge in [-0.1, -0.05) is 34.6 Å². The predicted octanol–water partition coefficient (Wildman–Crippen LogP) is 1.81. The smallest absolute Gasteiger partial charge is 0.224 e. The van der Waals surface area contributed by atoms with E-state index in [9.17, 15) is 4.79 Å². The average Bonchev–Trinajstić information content (AvgIpc) is 2.48. The van der Waals surface area contributed by atoms with Crippen LogP contribution < -0.4 is 10.6 Å². The third-order valence-corrected chi connectivity index (χ3v) is 4.27. The van der Waals surface area contributed by atoms with Crippen molar-refractivity contribution >= 4 is 18.3 Å². The molecule has 96 valence electrons. The second-order valence-corrected chi connectivity index (χ2v) is 5.84. The summed E-state index contributed by atoms with van der Waals surface area (Å²) >= 11 is 0. The minimum Gasteiger partial charge on any atom is -0.352 e. The summed E-state index contributed by atoms with van der Waals surface area (Å²) in [6.45, 7) is 11.5. The van der Waals surface area contributed by atoms with Crippen LogP contribution in [0.1, 0.15) is 34.6 Å². The fourth-order valence-corrected chi connectivity index (χ4v) is 2.24. The van der Waals surface area contributed by atoms with Crippen LogP contribution in [-0.4, -0.2) is 25.5 Å². The minimum absolute atomic E-state index is 0. The zero-order valence-electron chi connectivity index (χ0n) is 11.2. The molecule has 0 aromatic carbocycles. The third kappa shape index (κ3) is 2.51. The SMILES string of the molecule is CNCC(C)C(=O)NC1C(C)(C)C1(C)C.Cl. The molecule has 0 aliphatic heterocycles. The van der Waals surface area contributed by atoms with Crippen LogP contribution in [-0.2, 0) is 4.79 Å². The molecule has 0 aromatic heterocycles. The van der Waals surface area contributed by atoms with Crippen molar-refractivity contribution in [3.8, 4) is 0 Å². The highest BCUT2D eigenvalue weighted by molar-refractivity contribution is 5.85. The molecule has 1 rings (SSSR count). The van der Waals surface area contributed by atoms with Crippen LogP contribution in [0, 0.1) is 16.7 Å². The van der Waals surface area contributed by atoms with Crippen molar-refractivity contribution in [2.75, 3.05) is 13.6 Å². The first-order valence-corrected chi connectivity index (χ1v) is 5.70. The molecule has 0 bridgehead atoms. The van der Waals surface area contributed by atoms with E-state index in [4.69, 9.17) is 0 Å². The Balaban J connectivity index is 0.00000225. The molecule has 1 fully saturated rings. The Kier molecular flexibility index (Phi) is 4.84. The van der Waals surface area contributed by atoms with Crippen LogP contribution in [0.2, 0.25) is 0 Å². The molecule has 1 amide bonds. The monoisotopic (exact) mass is 248 g/mol. The summed E-state index contributed by atoms with van der Waals surface area (Å²) in [5.74, 6) is 0.204. The highest BCUT2D eigenvalue weighted by Crippen LogP contribution is 2.62. The van der Waals surface area contributed by atoms with Gasteiger partial charge in [0.2, 0.25) is 5.91 Å². The van der Waals surface area contributed by atoms with Gasteiger partial charge in [0.25, 0.3) is 0 Å². The molecule has 2 N–H and O–H groups in total. The maximum Gasteiger partial charge on any atom is 0.224 e. The topological polar surface area (TPSA) is 41.1 Å². The maximum absolute atomic E-state index is 11.8. The quantitative estimate of drug-likeness (QED) is 0.797. The van der Waals surface area contributed by atoms with Gasteiger partial charge >= 0.3 is 0 Å². The first-order valence-electron chi connectivity index (χ1n) is 5.70. The first-order chi connectivity index (χ1) is 6.75. The molecule has 0 aromatic rings. The molecule has 3 nitrogen and oxygen atoms in total. The molecule has 1 saturated carbocycles. The van der Waals surface area contributed by atoms with Gasteiger partial charge in [0, 0.05) is 18.5 Å². The van der Waals surface area contributed by atoms with E-state index < -0.39 is 0 Å². The van der Waals surface area contributed by atoms with E-state index >= 15 is 0 Å². The van der Waals surface area contributed by atoms with E-state index in [2.05, 4.69) is 38.3 Å². The molecule has 0 radical (unpaired) electrons. The second kappa shape index (κ2) is 4.92. The van der Waals surface area contributed by atoms with Crippen LogP contribution in [0.25, 0.3) is 0 Å². The van der Waals surface area contributed by atoms with Crippen molar-refractivity contribution in [2.45, 2.75) is 40.7 Å². The zero-order chi connectivity index (χ0) is 11.9. The fourth-order valence-electron chi connectivity index (χ4n) is 2.24. The molecular formula is C12H25ClN2O. The summed E-state index contributed by atoms with van der Waals surface area (Å²) in [6.07, 6.45) is 0. The summed E-state index contributed by atoms with van der Waals surface area (Å²) in [7, 11) is 1.87. The predicted molar refractivity (Wildman–Crippen MR) is 69.8 cm³/mol. The van der Waals surface area contributed by atoms with Crippen LogP contribution in [0.5, 0.6) is 0 Å². The number of rotatable bonds is 4. The lowest BCUT2D eigenvalue weighted by atomic mass is 10.0. The fraction of sp³-hybridized carbons (Fsp3) is 0.917. The van der Waals surface area contributed by atoms with Gasteiger partial charge < -0.3 is 10.6 Å². The molecule has 1 aliphatic carbocycles. The van der Waals surface area contributed by atoms with Gasteiger partial charge in [0.15, 0.2) is 0 Å². The number of nitrogens with one attached hydrogen (secondary N) is 2. The number of carbonyl (C=O) groups is 1. The summed E-state index contributed by atoms with van der Waals surface area (Å²) in [5, 5.41) is 6.16. The number of hydrogen-bond donors (Lipinski definition) is 2. The molecule has 16 heavy (non-hydrogen) atoms. The van der Waals surface area contributed by atoms with Crippen LogP contribution >= 0.6 is 12.4 Å². The molecule has 1 aliphatic rings. The Hall–Kier alpha value is -0.280. The maximum atomic E-state index is 11.8. The van der Waals surface area contributed by atoms with Crippen molar-refractivity contribution in [3.05, 3.63) is 0 Å². The summed E-state index contributed by atoms with van der Waals surface area (Å²) in [5.41, 5.74) is 0.448. The Morgan fingerprint density at radius 3 is 2.00 bits per heavy atom. The van der Waals surface area contributed by atoms with Gasteiger partial charge in [0.1, 0.15) is 0 Å². The highest BCUT2D eigenvalue weighted by Gasteiger charge is 2.65. The van der Waals surface area contributed by atoms with Crippen molar-refractivity contribution in [2.24, 2.45) is 16.7 Å². The first kappa shape index (κ1) is 15.7.